The van der Waals surface area contributed by atoms with Gasteiger partial charge in [-0.3, -0.25) is 0 Å². The molecule has 0 spiro atoms. The smallest absolute Gasteiger partial charge is 0.146 e. The highest BCUT2D eigenvalue weighted by Crippen LogP contribution is 2.31. The topological polar surface area (TPSA) is 54.8 Å². The summed E-state index contributed by atoms with van der Waals surface area (Å²) >= 11 is 0. The Morgan fingerprint density at radius 1 is 1.39 bits per heavy atom. The molecule has 5 nitrogen and oxygen atoms in total. The Hall–Kier alpha value is -0.940. The molecule has 3 rings (SSSR count). The number of aromatic nitrogens is 3. The Morgan fingerprint density at radius 3 is 3.06 bits per heavy atom. The maximum absolute atomic E-state index is 4.13. The van der Waals surface area contributed by atoms with E-state index in [4.69, 9.17) is 0 Å². The second kappa shape index (κ2) is 5.36. The third-order valence-corrected chi connectivity index (χ3v) is 4.51. The van der Waals surface area contributed by atoms with Crippen LogP contribution in [0.2, 0.25) is 0 Å². The molecule has 1 aliphatic carbocycles. The predicted molar refractivity (Wildman–Crippen MR) is 70.0 cm³/mol. The molecule has 1 aliphatic heterocycles. The number of rotatable bonds is 4. The minimum Gasteiger partial charge on any atom is -0.320 e. The molecule has 0 radical (unpaired) electrons. The van der Waals surface area contributed by atoms with E-state index in [1.54, 1.807) is 6.33 Å². The zero-order valence-electron chi connectivity index (χ0n) is 11.1. The van der Waals surface area contributed by atoms with E-state index in [1.807, 2.05) is 11.6 Å². The number of nitrogens with one attached hydrogen (secondary N) is 2. The molecule has 2 fully saturated rings. The van der Waals surface area contributed by atoms with Crippen LogP contribution < -0.4 is 10.6 Å². The largest absolute Gasteiger partial charge is 0.320 e. The molecule has 0 aromatic carbocycles. The van der Waals surface area contributed by atoms with E-state index in [9.17, 15) is 0 Å². The average Bonchev–Trinajstić information content (AvgIpc) is 3.07. The van der Waals surface area contributed by atoms with E-state index in [2.05, 4.69) is 20.8 Å². The summed E-state index contributed by atoms with van der Waals surface area (Å²) in [5.74, 6) is 1.83. The van der Waals surface area contributed by atoms with Crippen molar-refractivity contribution in [3.8, 4) is 0 Å². The van der Waals surface area contributed by atoms with Gasteiger partial charge in [0.05, 0.1) is 6.54 Å². The van der Waals surface area contributed by atoms with Gasteiger partial charge < -0.3 is 15.2 Å². The van der Waals surface area contributed by atoms with Crippen molar-refractivity contribution in [2.45, 2.75) is 50.7 Å². The van der Waals surface area contributed by atoms with E-state index in [1.165, 1.54) is 38.6 Å². The lowest BCUT2D eigenvalue weighted by Gasteiger charge is -2.26. The Morgan fingerprint density at radius 2 is 2.33 bits per heavy atom. The number of hydrogen-bond donors (Lipinski definition) is 2. The molecule has 0 amide bonds. The van der Waals surface area contributed by atoms with E-state index >= 15 is 0 Å². The quantitative estimate of drug-likeness (QED) is 0.830. The van der Waals surface area contributed by atoms with Gasteiger partial charge in [0, 0.05) is 19.1 Å². The van der Waals surface area contributed by atoms with Crippen molar-refractivity contribution in [2.24, 2.45) is 13.0 Å². The first-order chi connectivity index (χ1) is 8.84. The Bertz CT molecular complexity index is 382. The average molecular weight is 249 g/mol. The molecule has 2 heterocycles. The number of hydrogen-bond acceptors (Lipinski definition) is 4. The maximum atomic E-state index is 4.13. The number of aryl methyl sites for hydroxylation is 1. The van der Waals surface area contributed by atoms with Crippen LogP contribution in [0.3, 0.4) is 0 Å². The minimum absolute atomic E-state index is 0.650. The Balaban J connectivity index is 1.56. The van der Waals surface area contributed by atoms with Crippen LogP contribution in [-0.2, 0) is 13.6 Å². The molecule has 5 heteroatoms. The minimum atomic E-state index is 0.650. The molecule has 1 saturated heterocycles. The molecule has 1 saturated carbocycles. The monoisotopic (exact) mass is 249 g/mol. The number of nitrogens with zero attached hydrogens (tertiary/aromatic N) is 3. The highest BCUT2D eigenvalue weighted by molar-refractivity contribution is 4.94. The molecule has 3 unspecified atom stereocenters. The standard InChI is InChI=1S/C13H23N5/c1-18-9-16-17-13(18)8-15-12-5-2-4-10(12)11-6-3-7-14-11/h9-12,14-15H,2-8H2,1H3. The molecule has 2 aliphatic rings. The van der Waals surface area contributed by atoms with Crippen LogP contribution in [0.5, 0.6) is 0 Å². The zero-order valence-corrected chi connectivity index (χ0v) is 11.1. The lowest BCUT2D eigenvalue weighted by Crippen LogP contribution is -2.42. The summed E-state index contributed by atoms with van der Waals surface area (Å²) in [7, 11) is 2.00. The van der Waals surface area contributed by atoms with Gasteiger partial charge in [0.2, 0.25) is 0 Å². The Kier molecular flexibility index (Phi) is 3.61. The summed E-state index contributed by atoms with van der Waals surface area (Å²) in [4.78, 5) is 0. The maximum Gasteiger partial charge on any atom is 0.146 e. The first kappa shape index (κ1) is 12.1. The van der Waals surface area contributed by atoms with Crippen LogP contribution in [0.25, 0.3) is 0 Å². The summed E-state index contributed by atoms with van der Waals surface area (Å²) in [6.07, 6.45) is 8.50. The molecule has 1 aromatic rings. The summed E-state index contributed by atoms with van der Waals surface area (Å²) in [6, 6.07) is 1.39. The van der Waals surface area contributed by atoms with E-state index in [0.29, 0.717) is 6.04 Å². The van der Waals surface area contributed by atoms with Crippen molar-refractivity contribution in [1.82, 2.24) is 25.4 Å². The summed E-state index contributed by atoms with van der Waals surface area (Å²) < 4.78 is 1.99. The van der Waals surface area contributed by atoms with Gasteiger partial charge in [0.15, 0.2) is 0 Å². The lowest BCUT2D eigenvalue weighted by molar-refractivity contribution is 0.317. The van der Waals surface area contributed by atoms with E-state index in [0.717, 1.165) is 24.3 Å². The second-order valence-corrected chi connectivity index (χ2v) is 5.64. The van der Waals surface area contributed by atoms with Crippen LogP contribution in [0.15, 0.2) is 6.33 Å². The SMILES string of the molecule is Cn1cnnc1CNC1CCCC1C1CCCN1. The molecule has 18 heavy (non-hydrogen) atoms. The van der Waals surface area contributed by atoms with Crippen LogP contribution in [0, 0.1) is 5.92 Å². The summed E-state index contributed by atoms with van der Waals surface area (Å²) in [5.41, 5.74) is 0. The van der Waals surface area contributed by atoms with Crippen LogP contribution in [-0.4, -0.2) is 33.4 Å². The van der Waals surface area contributed by atoms with E-state index < -0.39 is 0 Å². The molecular weight excluding hydrogens is 226 g/mol. The van der Waals surface area contributed by atoms with Crippen molar-refractivity contribution < 1.29 is 0 Å². The molecule has 3 atom stereocenters. The van der Waals surface area contributed by atoms with Gasteiger partial charge in [-0.25, -0.2) is 0 Å². The molecule has 100 valence electrons. The fourth-order valence-corrected chi connectivity index (χ4v) is 3.49. The fourth-order valence-electron chi connectivity index (χ4n) is 3.49. The molecular formula is C13H23N5. The normalized spacial score (nSPS) is 32.2. The summed E-state index contributed by atoms with van der Waals surface area (Å²) in [6.45, 7) is 2.04. The predicted octanol–water partition coefficient (Wildman–Crippen LogP) is 0.825. The van der Waals surface area contributed by atoms with Crippen LogP contribution >= 0.6 is 0 Å². The van der Waals surface area contributed by atoms with Crippen molar-refractivity contribution in [3.05, 3.63) is 12.2 Å². The first-order valence-electron chi connectivity index (χ1n) is 7.14. The fraction of sp³-hybridized carbons (Fsp3) is 0.846. The molecule has 0 bridgehead atoms. The van der Waals surface area contributed by atoms with Crippen LogP contribution in [0.4, 0.5) is 0 Å². The van der Waals surface area contributed by atoms with Gasteiger partial charge in [-0.2, -0.15) is 0 Å². The Labute approximate surface area is 108 Å². The second-order valence-electron chi connectivity index (χ2n) is 5.64. The molecule has 1 aromatic heterocycles. The van der Waals surface area contributed by atoms with Crippen LogP contribution in [0.1, 0.15) is 37.9 Å². The van der Waals surface area contributed by atoms with Crippen molar-refractivity contribution >= 4 is 0 Å². The van der Waals surface area contributed by atoms with Gasteiger partial charge in [-0.1, -0.05) is 6.42 Å². The van der Waals surface area contributed by atoms with Crippen molar-refractivity contribution in [2.75, 3.05) is 6.54 Å². The van der Waals surface area contributed by atoms with Gasteiger partial charge >= 0.3 is 0 Å². The summed E-state index contributed by atoms with van der Waals surface area (Å²) in [5, 5.41) is 15.4. The van der Waals surface area contributed by atoms with Gasteiger partial charge in [0.1, 0.15) is 12.2 Å². The highest BCUT2D eigenvalue weighted by Gasteiger charge is 2.34. The van der Waals surface area contributed by atoms with Gasteiger partial charge in [-0.05, 0) is 38.1 Å². The third kappa shape index (κ3) is 2.42. The van der Waals surface area contributed by atoms with Crippen molar-refractivity contribution in [3.63, 3.8) is 0 Å². The molecule has 2 N–H and O–H groups in total. The highest BCUT2D eigenvalue weighted by atomic mass is 15.3. The third-order valence-electron chi connectivity index (χ3n) is 4.51. The zero-order chi connectivity index (χ0) is 12.4. The lowest BCUT2D eigenvalue weighted by atomic mass is 9.93. The van der Waals surface area contributed by atoms with Gasteiger partial charge in [-0.15, -0.1) is 10.2 Å². The van der Waals surface area contributed by atoms with E-state index in [-0.39, 0.29) is 0 Å². The van der Waals surface area contributed by atoms with Crippen molar-refractivity contribution in [1.29, 1.82) is 0 Å². The first-order valence-corrected chi connectivity index (χ1v) is 7.14. The van der Waals surface area contributed by atoms with Gasteiger partial charge in [0.25, 0.3) is 0 Å².